The lowest BCUT2D eigenvalue weighted by molar-refractivity contribution is 0.00645. The van der Waals surface area contributed by atoms with Crippen LogP contribution in [0, 0.1) is 0 Å². The van der Waals surface area contributed by atoms with Crippen molar-refractivity contribution in [2.24, 2.45) is 0 Å². The minimum absolute atomic E-state index is 0.337. The molecule has 1 N–H and O–H groups in total. The second-order valence-corrected chi connectivity index (χ2v) is 7.57. The number of imidazole rings is 1. The second kappa shape index (κ2) is 6.93. The third-order valence-corrected chi connectivity index (χ3v) is 4.31. The van der Waals surface area contributed by atoms with Crippen LogP contribution in [0.5, 0.6) is 0 Å². The lowest BCUT2D eigenvalue weighted by Crippen LogP contribution is -2.24. The number of nitrogens with zero attached hydrogens (tertiary/aromatic N) is 2. The number of hydrogen-bond acceptors (Lipinski definition) is 4. The van der Waals surface area contributed by atoms with Gasteiger partial charge >= 0.3 is 5.97 Å². The van der Waals surface area contributed by atoms with E-state index in [9.17, 15) is 4.79 Å². The van der Waals surface area contributed by atoms with Gasteiger partial charge in [0.25, 0.3) is 0 Å². The van der Waals surface area contributed by atoms with Gasteiger partial charge < -0.3 is 9.72 Å². The predicted octanol–water partition coefficient (Wildman–Crippen LogP) is 5.25. The van der Waals surface area contributed by atoms with Crippen molar-refractivity contribution in [1.29, 1.82) is 0 Å². The number of rotatable bonds is 3. The molecule has 0 aliphatic heterocycles. The molecule has 140 valence electrons. The van der Waals surface area contributed by atoms with Gasteiger partial charge in [-0.15, -0.1) is 0 Å². The number of carbonyl (C=O) groups is 1. The molecule has 2 heterocycles. The Morgan fingerprint density at radius 1 is 0.964 bits per heavy atom. The van der Waals surface area contributed by atoms with E-state index in [1.54, 1.807) is 12.4 Å². The molecule has 0 aliphatic rings. The highest BCUT2D eigenvalue weighted by Crippen LogP contribution is 2.31. The van der Waals surface area contributed by atoms with Gasteiger partial charge in [-0.2, -0.15) is 0 Å². The topological polar surface area (TPSA) is 67.9 Å². The second-order valence-electron chi connectivity index (χ2n) is 7.57. The third-order valence-electron chi connectivity index (χ3n) is 4.31. The zero-order valence-corrected chi connectivity index (χ0v) is 16.1. The summed E-state index contributed by atoms with van der Waals surface area (Å²) in [7, 11) is 0. The number of esters is 1. The number of ether oxygens (including phenoxy) is 1. The summed E-state index contributed by atoms with van der Waals surface area (Å²) in [5.74, 6) is 0.197. The molecule has 0 saturated heterocycles. The molecule has 0 atom stereocenters. The maximum Gasteiger partial charge on any atom is 0.357 e. The van der Waals surface area contributed by atoms with Crippen LogP contribution < -0.4 is 0 Å². The molecular formula is C23H21N3O2. The summed E-state index contributed by atoms with van der Waals surface area (Å²) in [5, 5.41) is 2.18. The Morgan fingerprint density at radius 3 is 2.43 bits per heavy atom. The molecule has 0 saturated carbocycles. The summed E-state index contributed by atoms with van der Waals surface area (Å²) < 4.78 is 5.60. The van der Waals surface area contributed by atoms with Crippen LogP contribution in [0.15, 0.2) is 67.0 Å². The van der Waals surface area contributed by atoms with Gasteiger partial charge in [0.1, 0.15) is 17.1 Å². The first kappa shape index (κ1) is 17.9. The fraction of sp³-hybridized carbons (Fsp3) is 0.174. The summed E-state index contributed by atoms with van der Waals surface area (Å²) in [6, 6.07) is 17.8. The fourth-order valence-corrected chi connectivity index (χ4v) is 3.13. The number of hydrogen-bond donors (Lipinski definition) is 1. The minimum Gasteiger partial charge on any atom is -0.455 e. The summed E-state index contributed by atoms with van der Waals surface area (Å²) in [6.45, 7) is 5.54. The van der Waals surface area contributed by atoms with Crippen LogP contribution in [0.1, 0.15) is 31.3 Å². The van der Waals surface area contributed by atoms with E-state index < -0.39 is 11.6 Å². The van der Waals surface area contributed by atoms with E-state index in [0.717, 1.165) is 21.9 Å². The van der Waals surface area contributed by atoms with Crippen molar-refractivity contribution in [3.8, 4) is 22.6 Å². The van der Waals surface area contributed by atoms with Crippen molar-refractivity contribution in [3.63, 3.8) is 0 Å². The fourth-order valence-electron chi connectivity index (χ4n) is 3.13. The first-order valence-electron chi connectivity index (χ1n) is 9.14. The molecular weight excluding hydrogens is 350 g/mol. The lowest BCUT2D eigenvalue weighted by atomic mass is 10.0. The van der Waals surface area contributed by atoms with Crippen molar-refractivity contribution in [3.05, 3.63) is 72.7 Å². The van der Waals surface area contributed by atoms with Crippen LogP contribution in [-0.2, 0) is 4.74 Å². The molecule has 0 fully saturated rings. The van der Waals surface area contributed by atoms with Crippen molar-refractivity contribution >= 4 is 16.7 Å². The van der Waals surface area contributed by atoms with Crippen molar-refractivity contribution in [2.45, 2.75) is 26.4 Å². The number of nitrogens with one attached hydrogen (secondary N) is 1. The van der Waals surface area contributed by atoms with Crippen molar-refractivity contribution in [1.82, 2.24) is 15.0 Å². The van der Waals surface area contributed by atoms with Gasteiger partial charge in [0.2, 0.25) is 0 Å². The Balaban J connectivity index is 1.89. The van der Waals surface area contributed by atoms with Crippen LogP contribution in [0.2, 0.25) is 0 Å². The molecule has 5 nitrogen and oxygen atoms in total. The smallest absolute Gasteiger partial charge is 0.357 e. The van der Waals surface area contributed by atoms with E-state index in [-0.39, 0.29) is 0 Å². The number of benzene rings is 2. The number of pyridine rings is 1. The average molecular weight is 371 g/mol. The van der Waals surface area contributed by atoms with E-state index in [4.69, 9.17) is 9.72 Å². The highest BCUT2D eigenvalue weighted by Gasteiger charge is 2.25. The van der Waals surface area contributed by atoms with Gasteiger partial charge in [0, 0.05) is 23.5 Å². The number of H-pyrrole nitrogens is 1. The number of carbonyl (C=O) groups excluding carboxylic acids is 1. The minimum atomic E-state index is -0.600. The molecule has 4 rings (SSSR count). The standard InChI is InChI=1S/C23H21N3O2/c1-23(2,3)28-22(27)20-19(16-11-13-24-14-12-16)25-21(26-20)18-10-6-8-15-7-4-5-9-17(15)18/h4-14H,1-3H3,(H,25,26). The Morgan fingerprint density at radius 2 is 1.68 bits per heavy atom. The first-order chi connectivity index (χ1) is 13.4. The van der Waals surface area contributed by atoms with Gasteiger partial charge in [0.15, 0.2) is 5.69 Å². The predicted molar refractivity (Wildman–Crippen MR) is 110 cm³/mol. The molecule has 2 aromatic heterocycles. The molecule has 5 heteroatoms. The third kappa shape index (κ3) is 3.51. The molecule has 0 aliphatic carbocycles. The van der Waals surface area contributed by atoms with E-state index in [0.29, 0.717) is 17.2 Å². The molecule has 0 radical (unpaired) electrons. The summed E-state index contributed by atoms with van der Waals surface area (Å²) in [5.41, 5.74) is 2.03. The highest BCUT2D eigenvalue weighted by molar-refractivity contribution is 5.99. The molecule has 0 spiro atoms. The van der Waals surface area contributed by atoms with Gasteiger partial charge in [0.05, 0.1) is 0 Å². The summed E-state index contributed by atoms with van der Waals surface area (Å²) >= 11 is 0. The normalized spacial score (nSPS) is 11.5. The maximum absolute atomic E-state index is 12.9. The van der Waals surface area contributed by atoms with Crippen LogP contribution >= 0.6 is 0 Å². The molecule has 0 bridgehead atoms. The molecule has 0 unspecified atom stereocenters. The Bertz CT molecular complexity index is 1140. The molecule has 28 heavy (non-hydrogen) atoms. The number of fused-ring (bicyclic) bond motifs is 1. The van der Waals surface area contributed by atoms with Crippen LogP contribution in [-0.4, -0.2) is 26.5 Å². The van der Waals surface area contributed by atoms with E-state index in [1.807, 2.05) is 63.2 Å². The Kier molecular flexibility index (Phi) is 4.43. The van der Waals surface area contributed by atoms with Crippen LogP contribution in [0.25, 0.3) is 33.4 Å². The highest BCUT2D eigenvalue weighted by atomic mass is 16.6. The van der Waals surface area contributed by atoms with E-state index >= 15 is 0 Å². The SMILES string of the molecule is CC(C)(C)OC(=O)c1[nH]c(-c2cccc3ccccc23)nc1-c1ccncc1. The van der Waals surface area contributed by atoms with Crippen LogP contribution in [0.3, 0.4) is 0 Å². The van der Waals surface area contributed by atoms with Gasteiger partial charge in [-0.25, -0.2) is 9.78 Å². The molecule has 0 amide bonds. The first-order valence-corrected chi connectivity index (χ1v) is 9.14. The van der Waals surface area contributed by atoms with Crippen molar-refractivity contribution in [2.75, 3.05) is 0 Å². The number of aromatic amines is 1. The zero-order valence-electron chi connectivity index (χ0n) is 16.1. The monoisotopic (exact) mass is 371 g/mol. The summed E-state index contributed by atoms with van der Waals surface area (Å²) in [6.07, 6.45) is 3.36. The lowest BCUT2D eigenvalue weighted by Gasteiger charge is -2.19. The van der Waals surface area contributed by atoms with Crippen LogP contribution in [0.4, 0.5) is 0 Å². The van der Waals surface area contributed by atoms with Gasteiger partial charge in [-0.1, -0.05) is 42.5 Å². The average Bonchev–Trinajstić information content (AvgIpc) is 3.12. The zero-order chi connectivity index (χ0) is 19.7. The van der Waals surface area contributed by atoms with Gasteiger partial charge in [-0.05, 0) is 43.7 Å². The Hall–Kier alpha value is -3.47. The van der Waals surface area contributed by atoms with Gasteiger partial charge in [-0.3, -0.25) is 4.98 Å². The number of aromatic nitrogens is 3. The largest absolute Gasteiger partial charge is 0.455 e. The molecule has 2 aromatic carbocycles. The van der Waals surface area contributed by atoms with E-state index in [2.05, 4.69) is 22.1 Å². The quantitative estimate of drug-likeness (QED) is 0.500. The van der Waals surface area contributed by atoms with E-state index in [1.165, 1.54) is 0 Å². The molecule has 4 aromatic rings. The van der Waals surface area contributed by atoms with Crippen molar-refractivity contribution < 1.29 is 9.53 Å². The summed E-state index contributed by atoms with van der Waals surface area (Å²) in [4.78, 5) is 24.9. The Labute approximate surface area is 163 Å². The maximum atomic E-state index is 12.9.